The quantitative estimate of drug-likeness (QED) is 0.746. The van der Waals surface area contributed by atoms with Crippen molar-refractivity contribution >= 4 is 33.3 Å². The molecule has 24 heavy (non-hydrogen) atoms. The Morgan fingerprint density at radius 3 is 3.08 bits per heavy atom. The molecule has 0 radical (unpaired) electrons. The summed E-state index contributed by atoms with van der Waals surface area (Å²) < 4.78 is 1.52. The van der Waals surface area contributed by atoms with Gasteiger partial charge in [0.1, 0.15) is 4.83 Å². The molecule has 9 heteroatoms. The molecule has 0 saturated carbocycles. The molecule has 0 fully saturated rings. The van der Waals surface area contributed by atoms with Crippen LogP contribution < -0.4 is 10.9 Å². The molecule has 1 amide bonds. The number of carbonyl (C=O) groups excluding carboxylic acids is 1. The average Bonchev–Trinajstić information content (AvgIpc) is 3.21. The lowest BCUT2D eigenvalue weighted by Crippen LogP contribution is -2.24. The number of carbonyl (C=O) groups is 1. The van der Waals surface area contributed by atoms with Gasteiger partial charge in [0.05, 0.1) is 17.9 Å². The smallest absolute Gasteiger partial charge is 0.262 e. The Labute approximate surface area is 140 Å². The highest BCUT2D eigenvalue weighted by atomic mass is 32.1. The van der Waals surface area contributed by atoms with E-state index in [-0.39, 0.29) is 24.4 Å². The van der Waals surface area contributed by atoms with Crippen LogP contribution in [-0.2, 0) is 24.2 Å². The summed E-state index contributed by atoms with van der Waals surface area (Å²) in [7, 11) is 0. The van der Waals surface area contributed by atoms with Crippen LogP contribution in [0.3, 0.4) is 0 Å². The zero-order valence-electron chi connectivity index (χ0n) is 12.9. The fourth-order valence-electron chi connectivity index (χ4n) is 3.03. The van der Waals surface area contributed by atoms with Crippen LogP contribution in [0.25, 0.3) is 10.2 Å². The van der Waals surface area contributed by atoms with Crippen molar-refractivity contribution in [2.24, 2.45) is 0 Å². The van der Waals surface area contributed by atoms with Gasteiger partial charge in [0.25, 0.3) is 5.56 Å². The molecule has 0 atom stereocenters. The van der Waals surface area contributed by atoms with Crippen molar-refractivity contribution in [3.05, 3.63) is 33.3 Å². The van der Waals surface area contributed by atoms with E-state index in [9.17, 15) is 9.59 Å². The number of hydrogen-bond acceptors (Lipinski definition) is 6. The predicted octanol–water partition coefficient (Wildman–Crippen LogP) is 1.48. The first kappa shape index (κ1) is 15.0. The van der Waals surface area contributed by atoms with E-state index in [4.69, 9.17) is 0 Å². The van der Waals surface area contributed by atoms with Gasteiger partial charge in [-0.15, -0.1) is 16.4 Å². The molecule has 3 aromatic rings. The van der Waals surface area contributed by atoms with Crippen LogP contribution in [0.2, 0.25) is 0 Å². The van der Waals surface area contributed by atoms with Gasteiger partial charge in [0.15, 0.2) is 5.82 Å². The van der Waals surface area contributed by atoms with Gasteiger partial charge in [-0.25, -0.2) is 4.98 Å². The second-order valence-corrected chi connectivity index (χ2v) is 6.87. The van der Waals surface area contributed by atoms with Gasteiger partial charge >= 0.3 is 0 Å². The molecule has 4 rings (SSSR count). The van der Waals surface area contributed by atoms with Crippen molar-refractivity contribution in [1.82, 2.24) is 25.0 Å². The number of aromatic amines is 1. The Hall–Kier alpha value is -2.55. The molecule has 2 N–H and O–H groups in total. The van der Waals surface area contributed by atoms with Crippen molar-refractivity contribution in [3.8, 4) is 0 Å². The maximum absolute atomic E-state index is 12.8. The molecule has 0 saturated heterocycles. The predicted molar refractivity (Wildman–Crippen MR) is 90.2 cm³/mol. The van der Waals surface area contributed by atoms with E-state index >= 15 is 0 Å². The summed E-state index contributed by atoms with van der Waals surface area (Å²) in [5.41, 5.74) is 1.12. The van der Waals surface area contributed by atoms with E-state index in [2.05, 4.69) is 25.7 Å². The molecule has 3 heterocycles. The maximum atomic E-state index is 12.8. The Kier molecular flexibility index (Phi) is 3.85. The summed E-state index contributed by atoms with van der Waals surface area (Å²) in [5.74, 6) is 0.149. The van der Waals surface area contributed by atoms with Crippen molar-refractivity contribution in [1.29, 1.82) is 0 Å². The molecule has 3 aromatic heterocycles. The fourth-order valence-corrected chi connectivity index (χ4v) is 4.25. The standard InChI is InChI=1S/C15H16N6O2S/c22-12(18-11-7-17-20-19-11)5-6-21-8-16-14-13(15(21)23)9-3-1-2-4-10(9)24-14/h7-8H,1-6H2,(H2,17,18,19,20,22). The van der Waals surface area contributed by atoms with Crippen LogP contribution in [0, 0.1) is 0 Å². The zero-order valence-corrected chi connectivity index (χ0v) is 13.7. The highest BCUT2D eigenvalue weighted by Gasteiger charge is 2.20. The molecule has 8 nitrogen and oxygen atoms in total. The Bertz CT molecular complexity index is 943. The zero-order chi connectivity index (χ0) is 16.5. The SMILES string of the molecule is O=C(CCn1cnc2sc3c(c2c1=O)CCCC3)Nc1cn[nH]n1. The number of anilines is 1. The molecule has 0 unspecified atom stereocenters. The lowest BCUT2D eigenvalue weighted by atomic mass is 9.97. The summed E-state index contributed by atoms with van der Waals surface area (Å²) >= 11 is 1.63. The van der Waals surface area contributed by atoms with E-state index in [0.717, 1.165) is 29.5 Å². The van der Waals surface area contributed by atoms with Crippen LogP contribution in [0.4, 0.5) is 5.82 Å². The topological polar surface area (TPSA) is 106 Å². The Balaban J connectivity index is 1.55. The third kappa shape index (κ3) is 2.71. The van der Waals surface area contributed by atoms with Crippen LogP contribution >= 0.6 is 11.3 Å². The average molecular weight is 344 g/mol. The van der Waals surface area contributed by atoms with E-state index in [1.165, 1.54) is 34.0 Å². The number of H-pyrrole nitrogens is 1. The van der Waals surface area contributed by atoms with Crippen molar-refractivity contribution in [2.45, 2.75) is 38.6 Å². The van der Waals surface area contributed by atoms with Crippen LogP contribution in [0.1, 0.15) is 29.7 Å². The normalized spacial score (nSPS) is 13.8. The molecule has 1 aliphatic rings. The number of thiophene rings is 1. The summed E-state index contributed by atoms with van der Waals surface area (Å²) in [4.78, 5) is 31.2. The van der Waals surface area contributed by atoms with Gasteiger partial charge in [-0.3, -0.25) is 14.2 Å². The highest BCUT2D eigenvalue weighted by Crippen LogP contribution is 2.33. The second kappa shape index (κ2) is 6.16. The number of nitrogens with zero attached hydrogens (tertiary/aromatic N) is 4. The number of amides is 1. The van der Waals surface area contributed by atoms with E-state index in [1.54, 1.807) is 11.3 Å². The summed E-state index contributed by atoms with van der Waals surface area (Å²) in [5, 5.41) is 13.2. The number of rotatable bonds is 4. The number of hydrogen-bond donors (Lipinski definition) is 2. The third-order valence-corrected chi connectivity index (χ3v) is 5.40. The second-order valence-electron chi connectivity index (χ2n) is 5.79. The summed E-state index contributed by atoms with van der Waals surface area (Å²) in [6.07, 6.45) is 7.42. The van der Waals surface area contributed by atoms with E-state index in [1.807, 2.05) is 0 Å². The minimum Gasteiger partial charge on any atom is -0.308 e. The largest absolute Gasteiger partial charge is 0.308 e. The number of nitrogens with one attached hydrogen (secondary N) is 2. The highest BCUT2D eigenvalue weighted by molar-refractivity contribution is 7.18. The first-order valence-electron chi connectivity index (χ1n) is 7.87. The van der Waals surface area contributed by atoms with Gasteiger partial charge in [-0.2, -0.15) is 10.3 Å². The van der Waals surface area contributed by atoms with Crippen LogP contribution in [-0.4, -0.2) is 30.9 Å². The Morgan fingerprint density at radius 1 is 1.38 bits per heavy atom. The molecular formula is C15H16N6O2S. The monoisotopic (exact) mass is 344 g/mol. The van der Waals surface area contributed by atoms with Crippen LogP contribution in [0.5, 0.6) is 0 Å². The first-order valence-corrected chi connectivity index (χ1v) is 8.69. The molecule has 1 aliphatic carbocycles. The van der Waals surface area contributed by atoms with Crippen molar-refractivity contribution in [3.63, 3.8) is 0 Å². The van der Waals surface area contributed by atoms with Crippen molar-refractivity contribution in [2.75, 3.05) is 5.32 Å². The van der Waals surface area contributed by atoms with Crippen molar-refractivity contribution < 1.29 is 4.79 Å². The number of aromatic nitrogens is 5. The van der Waals surface area contributed by atoms with Gasteiger partial charge in [0, 0.05) is 17.8 Å². The molecule has 124 valence electrons. The Morgan fingerprint density at radius 2 is 2.25 bits per heavy atom. The van der Waals surface area contributed by atoms with E-state index in [0.29, 0.717) is 5.82 Å². The van der Waals surface area contributed by atoms with Gasteiger partial charge in [0.2, 0.25) is 5.91 Å². The lowest BCUT2D eigenvalue weighted by Gasteiger charge is -2.10. The number of aryl methyl sites for hydroxylation is 3. The fraction of sp³-hybridized carbons (Fsp3) is 0.400. The van der Waals surface area contributed by atoms with E-state index < -0.39 is 0 Å². The minimum absolute atomic E-state index is 0.0476. The molecule has 0 spiro atoms. The third-order valence-electron chi connectivity index (χ3n) is 4.20. The molecular weight excluding hydrogens is 328 g/mol. The molecule has 0 bridgehead atoms. The maximum Gasteiger partial charge on any atom is 0.262 e. The van der Waals surface area contributed by atoms with Gasteiger partial charge in [-0.05, 0) is 31.2 Å². The van der Waals surface area contributed by atoms with Gasteiger partial charge < -0.3 is 5.32 Å². The summed E-state index contributed by atoms with van der Waals surface area (Å²) in [6, 6.07) is 0. The minimum atomic E-state index is -0.219. The van der Waals surface area contributed by atoms with Gasteiger partial charge in [-0.1, -0.05) is 0 Å². The number of fused-ring (bicyclic) bond motifs is 3. The lowest BCUT2D eigenvalue weighted by molar-refractivity contribution is -0.116. The first-order chi connectivity index (χ1) is 11.7. The van der Waals surface area contributed by atoms with Crippen LogP contribution in [0.15, 0.2) is 17.3 Å². The molecule has 0 aromatic carbocycles. The molecule has 0 aliphatic heterocycles. The summed E-state index contributed by atoms with van der Waals surface area (Å²) in [6.45, 7) is 0.288.